The van der Waals surface area contributed by atoms with Crippen LogP contribution in [0.3, 0.4) is 0 Å². The summed E-state index contributed by atoms with van der Waals surface area (Å²) in [6, 6.07) is 3.63. The molecule has 0 heterocycles. The number of nitrogens with two attached hydrogens (primary N) is 1. The van der Waals surface area contributed by atoms with Gasteiger partial charge in [-0.1, -0.05) is 12.8 Å². The van der Waals surface area contributed by atoms with Gasteiger partial charge in [0.2, 0.25) is 10.0 Å². The Hall–Kier alpha value is -1.60. The van der Waals surface area contributed by atoms with E-state index in [0.29, 0.717) is 12.5 Å². The number of carbonyl (C=O) groups is 1. The molecule has 0 radical (unpaired) electrons. The van der Waals surface area contributed by atoms with Crippen molar-refractivity contribution in [2.75, 3.05) is 12.3 Å². The molecule has 1 aromatic carbocycles. The molecule has 0 unspecified atom stereocenters. The monoisotopic (exact) mass is 298 g/mol. The quantitative estimate of drug-likeness (QED) is 0.712. The van der Waals surface area contributed by atoms with Crippen molar-refractivity contribution in [1.82, 2.24) is 4.72 Å². The lowest BCUT2D eigenvalue weighted by Crippen LogP contribution is -2.29. The van der Waals surface area contributed by atoms with E-state index in [4.69, 9.17) is 10.8 Å². The minimum absolute atomic E-state index is 0.0303. The third kappa shape index (κ3) is 3.29. The molecular formula is C13H18N2O4S. The molecule has 110 valence electrons. The normalized spacial score (nSPS) is 16.4. The Morgan fingerprint density at radius 1 is 1.35 bits per heavy atom. The molecule has 20 heavy (non-hydrogen) atoms. The number of sulfonamides is 1. The first-order chi connectivity index (χ1) is 9.40. The van der Waals surface area contributed by atoms with Crippen LogP contribution in [-0.4, -0.2) is 26.0 Å². The summed E-state index contributed by atoms with van der Waals surface area (Å²) in [6.45, 7) is 0.405. The summed E-state index contributed by atoms with van der Waals surface area (Å²) in [5.41, 5.74) is 5.56. The van der Waals surface area contributed by atoms with Crippen LogP contribution in [0, 0.1) is 5.92 Å². The maximum absolute atomic E-state index is 12.2. The molecule has 2 rings (SSSR count). The molecule has 0 aromatic heterocycles. The first-order valence-electron chi connectivity index (χ1n) is 6.52. The van der Waals surface area contributed by atoms with Crippen molar-refractivity contribution in [1.29, 1.82) is 0 Å². The number of nitrogens with one attached hydrogen (secondary N) is 1. The molecule has 1 saturated carbocycles. The van der Waals surface area contributed by atoms with Crippen LogP contribution >= 0.6 is 0 Å². The fourth-order valence-corrected chi connectivity index (χ4v) is 3.67. The highest BCUT2D eigenvalue weighted by molar-refractivity contribution is 7.89. The Kier molecular flexibility index (Phi) is 4.29. The van der Waals surface area contributed by atoms with E-state index in [-0.39, 0.29) is 16.1 Å². The number of aromatic carboxylic acids is 1. The summed E-state index contributed by atoms with van der Waals surface area (Å²) in [5, 5.41) is 8.83. The number of nitrogen functional groups attached to an aromatic ring is 1. The zero-order valence-corrected chi connectivity index (χ0v) is 11.8. The molecule has 1 aromatic rings. The fraction of sp³-hybridized carbons (Fsp3) is 0.462. The molecule has 1 aliphatic rings. The van der Waals surface area contributed by atoms with Crippen LogP contribution in [0.15, 0.2) is 23.1 Å². The molecule has 1 aliphatic carbocycles. The third-order valence-corrected chi connectivity index (χ3v) is 5.08. The molecule has 0 saturated heterocycles. The fourth-order valence-electron chi connectivity index (χ4n) is 2.45. The molecule has 0 atom stereocenters. The smallest absolute Gasteiger partial charge is 0.335 e. The van der Waals surface area contributed by atoms with Gasteiger partial charge in [-0.2, -0.15) is 0 Å². The lowest BCUT2D eigenvalue weighted by atomic mass is 10.1. The summed E-state index contributed by atoms with van der Waals surface area (Å²) >= 11 is 0. The average molecular weight is 298 g/mol. The standard InChI is InChI=1S/C13H18N2O4S/c14-11-7-10(13(16)17)5-6-12(11)20(18,19)15-8-9-3-1-2-4-9/h5-7,9,15H,1-4,8,14H2,(H,16,17). The predicted molar refractivity (Wildman–Crippen MR) is 75.0 cm³/mol. The number of carboxylic acid groups (broad SMARTS) is 1. The summed E-state index contributed by atoms with van der Waals surface area (Å²) in [6.07, 6.45) is 4.36. The summed E-state index contributed by atoms with van der Waals surface area (Å²) in [7, 11) is -3.69. The SMILES string of the molecule is Nc1cc(C(=O)O)ccc1S(=O)(=O)NCC1CCCC1. The second-order valence-corrected chi connectivity index (χ2v) is 6.80. The van der Waals surface area contributed by atoms with Crippen molar-refractivity contribution in [3.05, 3.63) is 23.8 Å². The Balaban J connectivity index is 2.14. The first kappa shape index (κ1) is 14.8. The van der Waals surface area contributed by atoms with Gasteiger partial charge >= 0.3 is 5.97 Å². The number of carboxylic acids is 1. The van der Waals surface area contributed by atoms with Crippen molar-refractivity contribution in [2.45, 2.75) is 30.6 Å². The topological polar surface area (TPSA) is 109 Å². The molecular weight excluding hydrogens is 280 g/mol. The summed E-state index contributed by atoms with van der Waals surface area (Å²) in [4.78, 5) is 10.7. The highest BCUT2D eigenvalue weighted by Crippen LogP contribution is 2.25. The van der Waals surface area contributed by atoms with Crippen molar-refractivity contribution in [2.24, 2.45) is 5.92 Å². The molecule has 6 nitrogen and oxygen atoms in total. The summed E-state index contributed by atoms with van der Waals surface area (Å²) < 4.78 is 26.9. The van der Waals surface area contributed by atoms with E-state index in [1.165, 1.54) is 12.1 Å². The van der Waals surface area contributed by atoms with E-state index in [1.54, 1.807) is 0 Å². The second kappa shape index (κ2) is 5.80. The number of benzene rings is 1. The molecule has 0 spiro atoms. The zero-order chi connectivity index (χ0) is 14.8. The molecule has 1 fully saturated rings. The van der Waals surface area contributed by atoms with Gasteiger partial charge in [-0.25, -0.2) is 17.9 Å². The Morgan fingerprint density at radius 3 is 2.55 bits per heavy atom. The average Bonchev–Trinajstić information content (AvgIpc) is 2.89. The number of hydrogen-bond donors (Lipinski definition) is 3. The highest BCUT2D eigenvalue weighted by atomic mass is 32.2. The Morgan fingerprint density at radius 2 is 2.00 bits per heavy atom. The van der Waals surface area contributed by atoms with Crippen LogP contribution < -0.4 is 10.5 Å². The molecule has 7 heteroatoms. The van der Waals surface area contributed by atoms with Crippen LogP contribution in [0.2, 0.25) is 0 Å². The van der Waals surface area contributed by atoms with E-state index in [9.17, 15) is 13.2 Å². The van der Waals surface area contributed by atoms with Gasteiger partial charge in [0.1, 0.15) is 4.90 Å². The molecule has 0 bridgehead atoms. The van der Waals surface area contributed by atoms with E-state index in [1.807, 2.05) is 0 Å². The van der Waals surface area contributed by atoms with E-state index >= 15 is 0 Å². The van der Waals surface area contributed by atoms with Crippen LogP contribution in [0.25, 0.3) is 0 Å². The number of hydrogen-bond acceptors (Lipinski definition) is 4. The zero-order valence-electron chi connectivity index (χ0n) is 11.0. The van der Waals surface area contributed by atoms with Gasteiger partial charge in [0.05, 0.1) is 11.3 Å². The van der Waals surface area contributed by atoms with E-state index in [0.717, 1.165) is 31.7 Å². The predicted octanol–water partition coefficient (Wildman–Crippen LogP) is 1.44. The van der Waals surface area contributed by atoms with Gasteiger partial charge in [-0.05, 0) is 37.0 Å². The van der Waals surface area contributed by atoms with Crippen LogP contribution in [0.5, 0.6) is 0 Å². The van der Waals surface area contributed by atoms with E-state index < -0.39 is 16.0 Å². The van der Waals surface area contributed by atoms with Gasteiger partial charge in [0.25, 0.3) is 0 Å². The van der Waals surface area contributed by atoms with Crippen LogP contribution in [0.4, 0.5) is 5.69 Å². The lowest BCUT2D eigenvalue weighted by molar-refractivity contribution is 0.0697. The Bertz CT molecular complexity index is 607. The molecule has 0 aliphatic heterocycles. The van der Waals surface area contributed by atoms with Crippen molar-refractivity contribution < 1.29 is 18.3 Å². The van der Waals surface area contributed by atoms with Crippen molar-refractivity contribution >= 4 is 21.7 Å². The van der Waals surface area contributed by atoms with Crippen molar-refractivity contribution in [3.63, 3.8) is 0 Å². The maximum Gasteiger partial charge on any atom is 0.335 e. The third-order valence-electron chi connectivity index (χ3n) is 3.58. The minimum Gasteiger partial charge on any atom is -0.478 e. The van der Waals surface area contributed by atoms with Crippen LogP contribution in [0.1, 0.15) is 36.0 Å². The first-order valence-corrected chi connectivity index (χ1v) is 8.01. The van der Waals surface area contributed by atoms with Gasteiger partial charge in [0.15, 0.2) is 0 Å². The van der Waals surface area contributed by atoms with Gasteiger partial charge in [0, 0.05) is 6.54 Å². The van der Waals surface area contributed by atoms with E-state index in [2.05, 4.69) is 4.72 Å². The lowest BCUT2D eigenvalue weighted by Gasteiger charge is -2.12. The highest BCUT2D eigenvalue weighted by Gasteiger charge is 2.22. The van der Waals surface area contributed by atoms with Gasteiger partial charge in [-0.3, -0.25) is 0 Å². The van der Waals surface area contributed by atoms with Crippen molar-refractivity contribution in [3.8, 4) is 0 Å². The molecule has 4 N–H and O–H groups in total. The van der Waals surface area contributed by atoms with Gasteiger partial charge in [-0.15, -0.1) is 0 Å². The molecule has 0 amide bonds. The Labute approximate surface area is 118 Å². The largest absolute Gasteiger partial charge is 0.478 e. The summed E-state index contributed by atoms with van der Waals surface area (Å²) in [5.74, 6) is -0.760. The van der Waals surface area contributed by atoms with Crippen LogP contribution in [-0.2, 0) is 10.0 Å². The number of anilines is 1. The van der Waals surface area contributed by atoms with Gasteiger partial charge < -0.3 is 10.8 Å². The number of rotatable bonds is 5. The maximum atomic E-state index is 12.2. The second-order valence-electron chi connectivity index (χ2n) is 5.06. The minimum atomic E-state index is -3.69.